The predicted molar refractivity (Wildman–Crippen MR) is 119 cm³/mol. The third-order valence-electron chi connectivity index (χ3n) is 4.77. The van der Waals surface area contributed by atoms with Crippen LogP contribution in [-0.2, 0) is 33.6 Å². The zero-order chi connectivity index (χ0) is 24.9. The standard InChI is InChI=1S/C21H22F2N6O4S/c1-14-10-27-19(28-13-21(22,23)17-7-3-4-8-25-17)20(31)29(14)12-18(30)26-11-15-16(34(2,32)33)6-5-9-24-15/h3-10H,11-13H2,1-2H3,(H,26,30)(H,27,28). The molecule has 3 rings (SSSR count). The first kappa shape index (κ1) is 24.9. The summed E-state index contributed by atoms with van der Waals surface area (Å²) in [6.07, 6.45) is 4.94. The van der Waals surface area contributed by atoms with Crippen molar-refractivity contribution in [2.24, 2.45) is 0 Å². The second-order valence-corrected chi connectivity index (χ2v) is 9.39. The fourth-order valence-electron chi connectivity index (χ4n) is 3.03. The fourth-order valence-corrected chi connectivity index (χ4v) is 3.91. The van der Waals surface area contributed by atoms with Crippen molar-refractivity contribution in [3.8, 4) is 0 Å². The average molecular weight is 493 g/mol. The molecule has 0 atom stereocenters. The van der Waals surface area contributed by atoms with Gasteiger partial charge in [-0.25, -0.2) is 13.4 Å². The van der Waals surface area contributed by atoms with E-state index in [9.17, 15) is 26.8 Å². The molecule has 13 heteroatoms. The number of alkyl halides is 2. The highest BCUT2D eigenvalue weighted by atomic mass is 32.2. The number of aryl methyl sites for hydroxylation is 1. The maximum absolute atomic E-state index is 14.4. The summed E-state index contributed by atoms with van der Waals surface area (Å²) in [7, 11) is -3.55. The van der Waals surface area contributed by atoms with Crippen LogP contribution in [0.3, 0.4) is 0 Å². The van der Waals surface area contributed by atoms with Gasteiger partial charge >= 0.3 is 5.92 Å². The van der Waals surface area contributed by atoms with E-state index < -0.39 is 46.0 Å². The van der Waals surface area contributed by atoms with Gasteiger partial charge in [-0.3, -0.25) is 24.1 Å². The van der Waals surface area contributed by atoms with Crippen molar-refractivity contribution >= 4 is 21.6 Å². The highest BCUT2D eigenvalue weighted by Crippen LogP contribution is 2.25. The van der Waals surface area contributed by atoms with E-state index in [1.807, 2.05) is 0 Å². The van der Waals surface area contributed by atoms with Crippen LogP contribution in [0.2, 0.25) is 0 Å². The Morgan fingerprint density at radius 3 is 2.53 bits per heavy atom. The molecule has 180 valence electrons. The molecule has 3 aromatic heterocycles. The van der Waals surface area contributed by atoms with Gasteiger partial charge in [0.1, 0.15) is 12.2 Å². The van der Waals surface area contributed by atoms with Crippen molar-refractivity contribution < 1.29 is 22.0 Å². The molecule has 0 radical (unpaired) electrons. The van der Waals surface area contributed by atoms with Gasteiger partial charge in [-0.1, -0.05) is 6.07 Å². The van der Waals surface area contributed by atoms with Crippen molar-refractivity contribution in [1.82, 2.24) is 24.8 Å². The number of anilines is 1. The summed E-state index contributed by atoms with van der Waals surface area (Å²) in [4.78, 5) is 36.7. The van der Waals surface area contributed by atoms with Crippen molar-refractivity contribution in [3.63, 3.8) is 0 Å². The van der Waals surface area contributed by atoms with Crippen LogP contribution in [0.5, 0.6) is 0 Å². The van der Waals surface area contributed by atoms with Crippen LogP contribution in [0.15, 0.2) is 58.6 Å². The van der Waals surface area contributed by atoms with Gasteiger partial charge in [0.15, 0.2) is 15.7 Å². The maximum Gasteiger partial charge on any atom is 0.306 e. The Labute approximate surface area is 194 Å². The third kappa shape index (κ3) is 5.98. The smallest absolute Gasteiger partial charge is 0.306 e. The molecule has 2 N–H and O–H groups in total. The molecule has 0 spiro atoms. The van der Waals surface area contributed by atoms with Crippen molar-refractivity contribution in [2.75, 3.05) is 18.1 Å². The summed E-state index contributed by atoms with van der Waals surface area (Å²) in [6, 6.07) is 6.95. The third-order valence-corrected chi connectivity index (χ3v) is 5.94. The molecular weight excluding hydrogens is 470 g/mol. The van der Waals surface area contributed by atoms with Gasteiger partial charge in [-0.05, 0) is 31.2 Å². The highest BCUT2D eigenvalue weighted by molar-refractivity contribution is 7.90. The summed E-state index contributed by atoms with van der Waals surface area (Å²) >= 11 is 0. The van der Waals surface area contributed by atoms with Crippen LogP contribution < -0.4 is 16.2 Å². The van der Waals surface area contributed by atoms with Crippen LogP contribution in [-0.4, -0.2) is 46.6 Å². The number of nitrogens with zero attached hydrogens (tertiary/aromatic N) is 4. The Hall–Kier alpha value is -3.74. The minimum Gasteiger partial charge on any atom is -0.359 e. The fraction of sp³-hybridized carbons (Fsp3) is 0.286. The number of hydrogen-bond acceptors (Lipinski definition) is 8. The summed E-state index contributed by atoms with van der Waals surface area (Å²) in [5.41, 5.74) is -0.743. The van der Waals surface area contributed by atoms with Gasteiger partial charge in [0, 0.05) is 30.5 Å². The Bertz CT molecular complexity index is 1350. The van der Waals surface area contributed by atoms with Gasteiger partial charge in [0.25, 0.3) is 5.56 Å². The van der Waals surface area contributed by atoms with E-state index in [1.54, 1.807) is 0 Å². The van der Waals surface area contributed by atoms with Crippen molar-refractivity contribution in [3.05, 3.63) is 76.4 Å². The number of carbonyl (C=O) groups is 1. The van der Waals surface area contributed by atoms with Gasteiger partial charge in [-0.2, -0.15) is 8.78 Å². The number of rotatable bonds is 9. The second kappa shape index (κ2) is 10.0. The molecule has 1 amide bonds. The quantitative estimate of drug-likeness (QED) is 0.456. The second-order valence-electron chi connectivity index (χ2n) is 7.41. The Morgan fingerprint density at radius 2 is 1.85 bits per heavy atom. The van der Waals surface area contributed by atoms with Crippen LogP contribution >= 0.6 is 0 Å². The van der Waals surface area contributed by atoms with Gasteiger partial charge < -0.3 is 10.6 Å². The number of halogens is 2. The summed E-state index contributed by atoms with van der Waals surface area (Å²) in [5, 5.41) is 4.85. The molecule has 0 fully saturated rings. The van der Waals surface area contributed by atoms with Gasteiger partial charge in [0.2, 0.25) is 5.91 Å². The monoisotopic (exact) mass is 492 g/mol. The number of pyridine rings is 2. The Morgan fingerprint density at radius 1 is 1.12 bits per heavy atom. The van der Waals surface area contributed by atoms with Crippen LogP contribution in [0.1, 0.15) is 17.1 Å². The van der Waals surface area contributed by atoms with E-state index in [4.69, 9.17) is 0 Å². The van der Waals surface area contributed by atoms with Crippen LogP contribution in [0.4, 0.5) is 14.6 Å². The molecule has 0 unspecified atom stereocenters. The molecule has 0 saturated heterocycles. The molecule has 0 saturated carbocycles. The molecule has 0 aliphatic carbocycles. The minimum atomic E-state index is -3.55. The number of nitrogens with one attached hydrogen (secondary N) is 2. The molecule has 0 aliphatic rings. The lowest BCUT2D eigenvalue weighted by Gasteiger charge is -2.17. The lowest BCUT2D eigenvalue weighted by atomic mass is 10.2. The summed E-state index contributed by atoms with van der Waals surface area (Å²) in [6.45, 7) is 0.00578. The average Bonchev–Trinajstić information content (AvgIpc) is 2.80. The van der Waals surface area contributed by atoms with Crippen molar-refractivity contribution in [1.29, 1.82) is 0 Å². The van der Waals surface area contributed by atoms with Crippen LogP contribution in [0.25, 0.3) is 0 Å². The Balaban J connectivity index is 1.71. The lowest BCUT2D eigenvalue weighted by Crippen LogP contribution is -2.36. The first-order valence-electron chi connectivity index (χ1n) is 9.99. The minimum absolute atomic E-state index is 0.0205. The van der Waals surface area contributed by atoms with E-state index >= 15 is 0 Å². The normalized spacial score (nSPS) is 11.8. The summed E-state index contributed by atoms with van der Waals surface area (Å²) < 4.78 is 53.5. The number of amides is 1. The van der Waals surface area contributed by atoms with E-state index in [0.717, 1.165) is 10.8 Å². The topological polar surface area (TPSA) is 136 Å². The van der Waals surface area contributed by atoms with Crippen molar-refractivity contribution in [2.45, 2.75) is 30.8 Å². The van der Waals surface area contributed by atoms with E-state index in [0.29, 0.717) is 5.69 Å². The summed E-state index contributed by atoms with van der Waals surface area (Å²) in [5.74, 6) is -4.31. The maximum atomic E-state index is 14.4. The molecule has 10 nitrogen and oxygen atoms in total. The first-order chi connectivity index (χ1) is 16.0. The molecular formula is C21H22F2N6O4S. The zero-order valence-corrected chi connectivity index (χ0v) is 19.1. The first-order valence-corrected chi connectivity index (χ1v) is 11.9. The van der Waals surface area contributed by atoms with Gasteiger partial charge in [-0.15, -0.1) is 0 Å². The molecule has 0 aliphatic heterocycles. The molecule has 0 bridgehead atoms. The Kier molecular flexibility index (Phi) is 7.35. The number of carbonyl (C=O) groups excluding carboxylic acids is 1. The molecule has 3 heterocycles. The SMILES string of the molecule is Cc1cnc(NCC(F)(F)c2ccccn2)c(=O)n1CC(=O)NCc1ncccc1S(C)(=O)=O. The lowest BCUT2D eigenvalue weighted by molar-refractivity contribution is -0.121. The molecule has 34 heavy (non-hydrogen) atoms. The molecule has 0 aromatic carbocycles. The van der Waals surface area contributed by atoms with E-state index in [2.05, 4.69) is 25.6 Å². The van der Waals surface area contributed by atoms with Gasteiger partial charge in [0.05, 0.1) is 23.7 Å². The van der Waals surface area contributed by atoms with E-state index in [-0.39, 0.29) is 23.0 Å². The van der Waals surface area contributed by atoms with E-state index in [1.165, 1.54) is 55.8 Å². The zero-order valence-electron chi connectivity index (χ0n) is 18.3. The number of hydrogen-bond donors (Lipinski definition) is 2. The molecule has 3 aromatic rings. The number of aromatic nitrogens is 4. The predicted octanol–water partition coefficient (Wildman–Crippen LogP) is 1.27. The number of sulfone groups is 1. The van der Waals surface area contributed by atoms with Crippen LogP contribution in [0, 0.1) is 6.92 Å². The largest absolute Gasteiger partial charge is 0.359 e. The highest BCUT2D eigenvalue weighted by Gasteiger charge is 2.33.